The van der Waals surface area contributed by atoms with Crippen LogP contribution in [0.5, 0.6) is 23.0 Å². The number of ether oxygens (including phenoxy) is 4. The normalized spacial score (nSPS) is 25.4. The lowest BCUT2D eigenvalue weighted by molar-refractivity contribution is -0.304. The van der Waals surface area contributed by atoms with Gasteiger partial charge in [-0.25, -0.2) is 0 Å². The molecule has 0 spiro atoms. The highest BCUT2D eigenvalue weighted by atomic mass is 16.7. The largest absolute Gasteiger partial charge is 0.504 e. The molecule has 0 amide bonds. The summed E-state index contributed by atoms with van der Waals surface area (Å²) >= 11 is 0. The molecule has 7 N–H and O–H groups in total. The van der Waals surface area contributed by atoms with Gasteiger partial charge in [-0.1, -0.05) is 12.1 Å². The fraction of sp³-hybridized carbons (Fsp3) is 0.538. The van der Waals surface area contributed by atoms with Gasteiger partial charge in [0.05, 0.1) is 27.4 Å². The maximum absolute atomic E-state index is 10.4. The lowest BCUT2D eigenvalue weighted by atomic mass is 9.83. The van der Waals surface area contributed by atoms with Crippen LogP contribution in [0.4, 0.5) is 0 Å². The van der Waals surface area contributed by atoms with Gasteiger partial charge in [0.25, 0.3) is 0 Å². The minimum absolute atomic E-state index is 0.00881. The van der Waals surface area contributed by atoms with E-state index in [2.05, 4.69) is 0 Å². The van der Waals surface area contributed by atoms with Crippen molar-refractivity contribution in [3.05, 3.63) is 47.5 Å². The van der Waals surface area contributed by atoms with Crippen LogP contribution in [0, 0.1) is 11.8 Å². The quantitative estimate of drug-likeness (QED) is 0.198. The van der Waals surface area contributed by atoms with E-state index >= 15 is 0 Å². The number of aliphatic hydroxyl groups excluding tert-OH is 5. The highest BCUT2D eigenvalue weighted by Gasteiger charge is 2.44. The molecule has 7 atom stereocenters. The van der Waals surface area contributed by atoms with E-state index in [0.29, 0.717) is 18.6 Å². The highest BCUT2D eigenvalue weighted by Crippen LogP contribution is 2.32. The Kier molecular flexibility index (Phi) is 10.4. The van der Waals surface area contributed by atoms with E-state index in [9.17, 15) is 35.7 Å². The van der Waals surface area contributed by atoms with Gasteiger partial charge in [0.2, 0.25) is 0 Å². The average Bonchev–Trinajstić information content (AvgIpc) is 2.91. The van der Waals surface area contributed by atoms with Crippen molar-refractivity contribution in [1.29, 1.82) is 0 Å². The van der Waals surface area contributed by atoms with Crippen LogP contribution in [0.3, 0.4) is 0 Å². The molecule has 0 aromatic heterocycles. The van der Waals surface area contributed by atoms with Crippen LogP contribution in [0.2, 0.25) is 0 Å². The van der Waals surface area contributed by atoms with Crippen LogP contribution >= 0.6 is 0 Å². The second-order valence-electron chi connectivity index (χ2n) is 9.15. The van der Waals surface area contributed by atoms with Gasteiger partial charge in [0.1, 0.15) is 24.4 Å². The smallest absolute Gasteiger partial charge is 0.186 e. The zero-order valence-electron chi connectivity index (χ0n) is 20.8. The fourth-order valence-electron chi connectivity index (χ4n) is 4.47. The fourth-order valence-corrected chi connectivity index (χ4v) is 4.47. The van der Waals surface area contributed by atoms with Gasteiger partial charge in [-0.05, 0) is 60.1 Å². The molecule has 0 radical (unpaired) electrons. The second kappa shape index (κ2) is 13.2. The van der Waals surface area contributed by atoms with Crippen LogP contribution in [-0.4, -0.2) is 100 Å². The van der Waals surface area contributed by atoms with E-state index in [-0.39, 0.29) is 42.3 Å². The molecule has 0 unspecified atom stereocenters. The number of benzene rings is 2. The number of rotatable bonds is 12. The third-order valence-electron chi connectivity index (χ3n) is 6.71. The molecule has 0 bridgehead atoms. The molecule has 0 aliphatic carbocycles. The minimum atomic E-state index is -1.58. The van der Waals surface area contributed by atoms with Gasteiger partial charge in [-0.15, -0.1) is 0 Å². The van der Waals surface area contributed by atoms with E-state index < -0.39 is 37.3 Å². The molecule has 0 saturated carbocycles. The molecular formula is C26H36O11. The lowest BCUT2D eigenvalue weighted by Crippen LogP contribution is -2.59. The summed E-state index contributed by atoms with van der Waals surface area (Å²) in [6.07, 6.45) is -6.29. The Morgan fingerprint density at radius 1 is 0.784 bits per heavy atom. The van der Waals surface area contributed by atoms with Gasteiger partial charge in [0.15, 0.2) is 29.3 Å². The van der Waals surface area contributed by atoms with Crippen molar-refractivity contribution in [2.75, 3.05) is 34.0 Å². The molecule has 2 aromatic rings. The number of phenols is 2. The van der Waals surface area contributed by atoms with Gasteiger partial charge in [-0.2, -0.15) is 0 Å². The van der Waals surface area contributed by atoms with Gasteiger partial charge in [-0.3, -0.25) is 0 Å². The lowest BCUT2D eigenvalue weighted by Gasteiger charge is -2.40. The summed E-state index contributed by atoms with van der Waals surface area (Å²) in [4.78, 5) is 0. The zero-order valence-corrected chi connectivity index (χ0v) is 20.8. The standard InChI is InChI=1S/C26H36O11/c1-34-20-9-14(3-5-18(20)29)7-16(11-27)17(8-15-4-6-19(30)21(10-15)35-2)13-36-26-25(33)24(32)23(31)22(12-28)37-26/h3-6,9-10,16-17,22-33H,7-8,11-13H2,1-2H3/t16-,17-,22-,23+,24+,25+,26+/m0/s1. The van der Waals surface area contributed by atoms with E-state index in [1.165, 1.54) is 26.4 Å². The molecule has 1 heterocycles. The molecule has 1 aliphatic heterocycles. The van der Waals surface area contributed by atoms with Crippen molar-refractivity contribution >= 4 is 0 Å². The van der Waals surface area contributed by atoms with Crippen LogP contribution < -0.4 is 9.47 Å². The van der Waals surface area contributed by atoms with Crippen LogP contribution in [0.15, 0.2) is 36.4 Å². The topological polar surface area (TPSA) is 179 Å². The number of methoxy groups -OCH3 is 2. The molecule has 11 nitrogen and oxygen atoms in total. The molecular weight excluding hydrogens is 488 g/mol. The van der Waals surface area contributed by atoms with E-state index in [4.69, 9.17) is 18.9 Å². The number of hydrogen-bond donors (Lipinski definition) is 7. The van der Waals surface area contributed by atoms with Crippen molar-refractivity contribution in [2.45, 2.75) is 43.5 Å². The first-order chi connectivity index (χ1) is 17.7. The third-order valence-corrected chi connectivity index (χ3v) is 6.71. The van der Waals surface area contributed by atoms with Crippen LogP contribution in [-0.2, 0) is 22.3 Å². The zero-order chi connectivity index (χ0) is 27.1. The first-order valence-electron chi connectivity index (χ1n) is 12.0. The van der Waals surface area contributed by atoms with E-state index in [0.717, 1.165) is 11.1 Å². The monoisotopic (exact) mass is 524 g/mol. The number of phenolic OH excluding ortho intramolecular Hbond substituents is 2. The van der Waals surface area contributed by atoms with Crippen molar-refractivity contribution in [2.24, 2.45) is 11.8 Å². The second-order valence-corrected chi connectivity index (χ2v) is 9.15. The molecule has 37 heavy (non-hydrogen) atoms. The summed E-state index contributed by atoms with van der Waals surface area (Å²) in [7, 11) is 2.88. The first-order valence-corrected chi connectivity index (χ1v) is 12.0. The van der Waals surface area contributed by atoms with Gasteiger partial charge in [0, 0.05) is 6.61 Å². The molecule has 3 rings (SSSR count). The van der Waals surface area contributed by atoms with Crippen molar-refractivity contribution in [3.63, 3.8) is 0 Å². The van der Waals surface area contributed by atoms with Gasteiger partial charge >= 0.3 is 0 Å². The summed E-state index contributed by atoms with van der Waals surface area (Å²) in [5.41, 5.74) is 1.59. The Labute approximate surface area is 215 Å². The summed E-state index contributed by atoms with van der Waals surface area (Å²) in [6, 6.07) is 9.80. The Morgan fingerprint density at radius 2 is 1.32 bits per heavy atom. The van der Waals surface area contributed by atoms with E-state index in [1.807, 2.05) is 0 Å². The maximum Gasteiger partial charge on any atom is 0.186 e. The third kappa shape index (κ3) is 7.02. The van der Waals surface area contributed by atoms with Gasteiger partial charge < -0.3 is 54.7 Å². The summed E-state index contributed by atoms with van der Waals surface area (Å²) < 4.78 is 21.7. The summed E-state index contributed by atoms with van der Waals surface area (Å²) in [5, 5.41) is 70.1. The van der Waals surface area contributed by atoms with Crippen molar-refractivity contribution < 1.29 is 54.7 Å². The minimum Gasteiger partial charge on any atom is -0.504 e. The van der Waals surface area contributed by atoms with Crippen LogP contribution in [0.25, 0.3) is 0 Å². The average molecular weight is 525 g/mol. The number of aliphatic hydroxyl groups is 5. The summed E-state index contributed by atoms with van der Waals surface area (Å²) in [5.74, 6) is -0.160. The maximum atomic E-state index is 10.4. The molecule has 1 fully saturated rings. The number of aromatic hydroxyl groups is 2. The molecule has 11 heteroatoms. The highest BCUT2D eigenvalue weighted by molar-refractivity contribution is 5.43. The molecule has 206 valence electrons. The Hall–Kier alpha value is -2.64. The predicted octanol–water partition coefficient (Wildman–Crippen LogP) is -0.0586. The first kappa shape index (κ1) is 28.9. The number of hydrogen-bond acceptors (Lipinski definition) is 11. The Bertz CT molecular complexity index is 998. The Balaban J connectivity index is 1.83. The Morgan fingerprint density at radius 3 is 1.81 bits per heavy atom. The predicted molar refractivity (Wildman–Crippen MR) is 131 cm³/mol. The summed E-state index contributed by atoms with van der Waals surface area (Å²) in [6.45, 7) is -0.822. The van der Waals surface area contributed by atoms with Crippen molar-refractivity contribution in [1.82, 2.24) is 0 Å². The van der Waals surface area contributed by atoms with E-state index in [1.54, 1.807) is 24.3 Å². The van der Waals surface area contributed by atoms with Crippen LogP contribution in [0.1, 0.15) is 11.1 Å². The SMILES string of the molecule is COc1cc(C[C@@H](CO)[C@H](CO[C@@H]2O[C@@H](CO)[C@@H](O)[C@@H](O)[C@H]2O)Cc2ccc(O)c(OC)c2)ccc1O. The van der Waals surface area contributed by atoms with Crippen molar-refractivity contribution in [3.8, 4) is 23.0 Å². The molecule has 1 saturated heterocycles. The molecule has 2 aromatic carbocycles. The molecule has 1 aliphatic rings.